The van der Waals surface area contributed by atoms with E-state index >= 15 is 0 Å². The van der Waals surface area contributed by atoms with Gasteiger partial charge in [-0.3, -0.25) is 0 Å². The number of fused-ring (bicyclic) bond motifs is 3. The molecule has 0 aromatic heterocycles. The molecule has 0 radical (unpaired) electrons. The second-order valence-electron chi connectivity index (χ2n) is 10.9. The van der Waals surface area contributed by atoms with E-state index in [4.69, 9.17) is 0 Å². The standard InChI is InChI=1S/C13H9.C13H10.C8H13Si.Zr/c1-3-7-12-10(5-1)9-11-6-2-4-8-13(11)12;1-3-7-12(8-4-1)11-13-9-5-2-6-10-13;1-9(2,3)8-6-4-5-7-8;/h1-9H;1-10H;4,6H,5H2,1-3H3;. The van der Waals surface area contributed by atoms with E-state index in [2.05, 4.69) is 141 Å². The molecule has 0 amide bonds. The van der Waals surface area contributed by atoms with Gasteiger partial charge in [-0.05, 0) is 0 Å². The van der Waals surface area contributed by atoms with Crippen LogP contribution in [0.25, 0.3) is 11.1 Å². The van der Waals surface area contributed by atoms with Crippen LogP contribution in [0.3, 0.4) is 0 Å². The summed E-state index contributed by atoms with van der Waals surface area (Å²) in [6.45, 7) is 7.58. The van der Waals surface area contributed by atoms with Gasteiger partial charge >= 0.3 is 225 Å². The van der Waals surface area contributed by atoms with E-state index < -0.39 is 29.3 Å². The van der Waals surface area contributed by atoms with Crippen molar-refractivity contribution in [3.63, 3.8) is 0 Å². The van der Waals surface area contributed by atoms with Crippen molar-refractivity contribution >= 4 is 11.3 Å². The van der Waals surface area contributed by atoms with Crippen molar-refractivity contribution in [3.05, 3.63) is 152 Å². The Balaban J connectivity index is 1.77. The summed E-state index contributed by atoms with van der Waals surface area (Å²) in [5.74, 6) is 0. The quantitative estimate of drug-likeness (QED) is 0.214. The minimum atomic E-state index is -2.61. The third-order valence-corrected chi connectivity index (χ3v) is 18.7. The van der Waals surface area contributed by atoms with Crippen LogP contribution >= 0.6 is 0 Å². The first-order chi connectivity index (χ1) is 17.5. The second kappa shape index (κ2) is 9.66. The molecule has 176 valence electrons. The van der Waals surface area contributed by atoms with E-state index in [1.165, 1.54) is 22.3 Å². The summed E-state index contributed by atoms with van der Waals surface area (Å²) < 4.78 is 3.94. The number of hydrogen-bond donors (Lipinski definition) is 0. The zero-order valence-corrected chi connectivity index (χ0v) is 24.8. The van der Waals surface area contributed by atoms with Crippen molar-refractivity contribution in [3.8, 4) is 11.1 Å². The first-order valence-corrected chi connectivity index (χ1v) is 20.4. The molecule has 2 heteroatoms. The Kier molecular flexibility index (Phi) is 6.36. The van der Waals surface area contributed by atoms with Crippen LogP contribution in [0.5, 0.6) is 0 Å². The molecule has 2 aliphatic carbocycles. The van der Waals surface area contributed by atoms with E-state index in [1.54, 1.807) is 19.5 Å². The molecule has 0 saturated heterocycles. The molecular weight excluding hydrogens is 528 g/mol. The Morgan fingerprint density at radius 3 is 1.61 bits per heavy atom. The average molecular weight is 560 g/mol. The molecule has 4 aromatic carbocycles. The van der Waals surface area contributed by atoms with Crippen LogP contribution in [0.15, 0.2) is 130 Å². The van der Waals surface area contributed by atoms with Crippen LogP contribution in [0.4, 0.5) is 0 Å². The van der Waals surface area contributed by atoms with Gasteiger partial charge in [-0.2, -0.15) is 0 Å². The molecule has 0 heterocycles. The fourth-order valence-electron chi connectivity index (χ4n) is 6.09. The molecule has 0 fully saturated rings. The topological polar surface area (TPSA) is 0 Å². The van der Waals surface area contributed by atoms with Crippen LogP contribution in [0.1, 0.15) is 32.3 Å². The predicted octanol–water partition coefficient (Wildman–Crippen LogP) is 8.74. The molecule has 0 aliphatic heterocycles. The van der Waals surface area contributed by atoms with Crippen molar-refractivity contribution in [1.82, 2.24) is 0 Å². The van der Waals surface area contributed by atoms with Gasteiger partial charge in [0.25, 0.3) is 0 Å². The van der Waals surface area contributed by atoms with E-state index in [0.29, 0.717) is 3.63 Å². The average Bonchev–Trinajstić information content (AvgIpc) is 3.52. The van der Waals surface area contributed by atoms with Gasteiger partial charge in [-0.1, -0.05) is 0 Å². The molecule has 0 spiro atoms. The fourth-order valence-corrected chi connectivity index (χ4v) is 20.4. The van der Waals surface area contributed by atoms with Gasteiger partial charge < -0.3 is 0 Å². The zero-order valence-electron chi connectivity index (χ0n) is 21.3. The normalized spacial score (nSPS) is 14.6. The van der Waals surface area contributed by atoms with Gasteiger partial charge in [0.1, 0.15) is 0 Å². The number of rotatable bonds is 5. The van der Waals surface area contributed by atoms with E-state index in [0.717, 1.165) is 6.42 Å². The summed E-state index contributed by atoms with van der Waals surface area (Å²) in [5, 5.41) is 1.71. The summed E-state index contributed by atoms with van der Waals surface area (Å²) in [6.07, 6.45) is 6.09. The molecule has 2 aliphatic rings. The van der Waals surface area contributed by atoms with Gasteiger partial charge in [0.15, 0.2) is 0 Å². The molecular formula is C34H32SiZr. The molecule has 0 bridgehead atoms. The molecule has 0 nitrogen and oxygen atoms in total. The monoisotopic (exact) mass is 558 g/mol. The molecule has 0 saturated carbocycles. The van der Waals surface area contributed by atoms with Crippen molar-refractivity contribution in [2.45, 2.75) is 29.7 Å². The van der Waals surface area contributed by atoms with E-state index in [-0.39, 0.29) is 0 Å². The first kappa shape index (κ1) is 23.7. The number of allylic oxidation sites excluding steroid dienone is 4. The van der Waals surface area contributed by atoms with Crippen LogP contribution < -0.4 is 0 Å². The molecule has 0 N–H and O–H groups in total. The third kappa shape index (κ3) is 4.15. The van der Waals surface area contributed by atoms with Crippen LogP contribution in [0, 0.1) is 0 Å². The van der Waals surface area contributed by atoms with Gasteiger partial charge in [0, 0.05) is 0 Å². The van der Waals surface area contributed by atoms with Gasteiger partial charge in [-0.15, -0.1) is 0 Å². The summed E-state index contributed by atoms with van der Waals surface area (Å²) in [6, 6.07) is 41.1. The second-order valence-corrected chi connectivity index (χ2v) is 22.1. The fraction of sp³-hybridized carbons (Fsp3) is 0.147. The maximum absolute atomic E-state index is 2.61. The summed E-state index contributed by atoms with van der Waals surface area (Å²) in [7, 11) is -1.50. The van der Waals surface area contributed by atoms with Crippen molar-refractivity contribution in [2.75, 3.05) is 0 Å². The first-order valence-electron chi connectivity index (χ1n) is 13.0. The Morgan fingerprint density at radius 2 is 1.11 bits per heavy atom. The summed E-state index contributed by atoms with van der Waals surface area (Å²) in [4.78, 5) is 0. The van der Waals surface area contributed by atoms with Crippen LogP contribution in [-0.4, -0.2) is 11.3 Å². The van der Waals surface area contributed by atoms with Gasteiger partial charge in [0.2, 0.25) is 0 Å². The van der Waals surface area contributed by atoms with Crippen LogP contribution in [0.2, 0.25) is 19.6 Å². The van der Waals surface area contributed by atoms with Crippen molar-refractivity contribution in [2.24, 2.45) is 0 Å². The van der Waals surface area contributed by atoms with Crippen molar-refractivity contribution < 1.29 is 21.3 Å². The molecule has 6 rings (SSSR count). The van der Waals surface area contributed by atoms with E-state index in [1.807, 2.05) is 3.28 Å². The molecule has 0 unspecified atom stereocenters. The van der Waals surface area contributed by atoms with Gasteiger partial charge in [-0.25, -0.2) is 0 Å². The summed E-state index contributed by atoms with van der Waals surface area (Å²) in [5.41, 5.74) is 8.80. The van der Waals surface area contributed by atoms with Crippen molar-refractivity contribution in [1.29, 1.82) is 0 Å². The van der Waals surface area contributed by atoms with E-state index in [9.17, 15) is 0 Å². The molecule has 0 atom stereocenters. The SMILES string of the molecule is C[Si](C)(C)C1=[C]([Zr](=[C](c2ccccc2)c2ccccc2)[CH]2c3ccccc3-c3ccccc32)CC=C1. The Hall–Kier alpha value is -2.67. The Morgan fingerprint density at radius 1 is 0.639 bits per heavy atom. The number of benzene rings is 4. The Labute approximate surface area is 224 Å². The Bertz CT molecular complexity index is 1430. The third-order valence-electron chi connectivity index (χ3n) is 7.58. The van der Waals surface area contributed by atoms with Crippen LogP contribution in [-0.2, 0) is 21.3 Å². The number of hydrogen-bond acceptors (Lipinski definition) is 0. The maximum atomic E-state index is 2.53. The minimum absolute atomic E-state index is 0.483. The van der Waals surface area contributed by atoms with Gasteiger partial charge in [0.05, 0.1) is 0 Å². The predicted molar refractivity (Wildman–Crippen MR) is 154 cm³/mol. The zero-order chi connectivity index (χ0) is 24.7. The molecule has 36 heavy (non-hydrogen) atoms. The summed E-state index contributed by atoms with van der Waals surface area (Å²) >= 11 is -2.61. The molecule has 4 aromatic rings.